The topological polar surface area (TPSA) is 54.9 Å². The fourth-order valence-corrected chi connectivity index (χ4v) is 3.53. The van der Waals surface area contributed by atoms with Crippen molar-refractivity contribution in [1.29, 1.82) is 0 Å². The Bertz CT molecular complexity index is 399. The molecule has 3 unspecified atom stereocenters. The molecule has 0 bridgehead atoms. The number of hydrogen-bond donors (Lipinski definition) is 2. The molecule has 2 aliphatic rings. The summed E-state index contributed by atoms with van der Waals surface area (Å²) >= 11 is 0. The van der Waals surface area contributed by atoms with E-state index in [0.29, 0.717) is 18.1 Å². The third kappa shape index (κ3) is 4.06. The fraction of sp³-hybridized carbons (Fsp3) is 0.938. The SMILES string of the molecule is CN=C(NCC(C)(C)OC)NC1C2CCCOC2C1(C)C.I. The Morgan fingerprint density at radius 3 is 2.68 bits per heavy atom. The third-order valence-corrected chi connectivity index (χ3v) is 5.08. The number of halogens is 1. The van der Waals surface area contributed by atoms with Crippen molar-refractivity contribution in [3.63, 3.8) is 0 Å². The first kappa shape index (κ1) is 20.0. The van der Waals surface area contributed by atoms with Gasteiger partial charge < -0.3 is 20.1 Å². The Hall–Kier alpha value is -0.0800. The van der Waals surface area contributed by atoms with Crippen molar-refractivity contribution in [1.82, 2.24) is 10.6 Å². The first-order valence-corrected chi connectivity index (χ1v) is 7.96. The molecule has 2 rings (SSSR count). The molecular formula is C16H32IN3O2. The van der Waals surface area contributed by atoms with Crippen LogP contribution in [0, 0.1) is 11.3 Å². The molecule has 1 aliphatic carbocycles. The number of rotatable bonds is 4. The second-order valence-electron chi connectivity index (χ2n) is 7.43. The molecule has 1 saturated carbocycles. The molecule has 3 atom stereocenters. The van der Waals surface area contributed by atoms with Gasteiger partial charge in [0, 0.05) is 44.7 Å². The van der Waals surface area contributed by atoms with Gasteiger partial charge in [-0.2, -0.15) is 0 Å². The van der Waals surface area contributed by atoms with Crippen LogP contribution in [0.3, 0.4) is 0 Å². The van der Waals surface area contributed by atoms with Crippen LogP contribution in [0.1, 0.15) is 40.5 Å². The van der Waals surface area contributed by atoms with E-state index in [2.05, 4.69) is 43.3 Å². The second kappa shape index (κ2) is 7.66. The molecule has 1 saturated heterocycles. The summed E-state index contributed by atoms with van der Waals surface area (Å²) in [6.45, 7) is 10.3. The van der Waals surface area contributed by atoms with Gasteiger partial charge in [0.1, 0.15) is 0 Å². The molecular weight excluding hydrogens is 393 g/mol. The molecule has 0 aromatic rings. The van der Waals surface area contributed by atoms with Gasteiger partial charge in [-0.3, -0.25) is 4.99 Å². The van der Waals surface area contributed by atoms with Crippen molar-refractivity contribution >= 4 is 29.9 Å². The van der Waals surface area contributed by atoms with E-state index in [0.717, 1.165) is 25.5 Å². The number of guanidine groups is 1. The van der Waals surface area contributed by atoms with Gasteiger partial charge in [-0.05, 0) is 26.7 Å². The maximum atomic E-state index is 5.95. The molecule has 6 heteroatoms. The number of aliphatic imine (C=N–C) groups is 1. The van der Waals surface area contributed by atoms with Gasteiger partial charge >= 0.3 is 0 Å². The average molecular weight is 425 g/mol. The molecule has 0 aromatic heterocycles. The van der Waals surface area contributed by atoms with Crippen LogP contribution in [0.2, 0.25) is 0 Å². The van der Waals surface area contributed by atoms with Gasteiger partial charge in [0.25, 0.3) is 0 Å². The molecule has 5 nitrogen and oxygen atoms in total. The van der Waals surface area contributed by atoms with Crippen LogP contribution in [0.25, 0.3) is 0 Å². The molecule has 1 heterocycles. The van der Waals surface area contributed by atoms with Crippen LogP contribution in [-0.4, -0.2) is 51.0 Å². The largest absolute Gasteiger partial charge is 0.377 e. The maximum Gasteiger partial charge on any atom is 0.191 e. The Morgan fingerprint density at radius 2 is 2.09 bits per heavy atom. The van der Waals surface area contributed by atoms with Crippen LogP contribution in [0.5, 0.6) is 0 Å². The Labute approximate surface area is 152 Å². The van der Waals surface area contributed by atoms with E-state index in [9.17, 15) is 0 Å². The minimum absolute atomic E-state index is 0. The van der Waals surface area contributed by atoms with Gasteiger partial charge in [-0.15, -0.1) is 24.0 Å². The standard InChI is InChI=1S/C16H31N3O2.HI/c1-15(2,20-6)10-18-14(17-5)19-12-11-8-7-9-21-13(11)16(12,3)4;/h11-13H,7-10H2,1-6H3,(H2,17,18,19);1H. The summed E-state index contributed by atoms with van der Waals surface area (Å²) in [5.41, 5.74) is -0.0529. The lowest BCUT2D eigenvalue weighted by atomic mass is 9.55. The van der Waals surface area contributed by atoms with E-state index >= 15 is 0 Å². The minimum atomic E-state index is -0.205. The summed E-state index contributed by atoms with van der Waals surface area (Å²) in [7, 11) is 3.55. The van der Waals surface area contributed by atoms with Gasteiger partial charge in [-0.25, -0.2) is 0 Å². The van der Waals surface area contributed by atoms with Crippen molar-refractivity contribution in [2.45, 2.75) is 58.3 Å². The normalized spacial score (nSPS) is 30.6. The van der Waals surface area contributed by atoms with Gasteiger partial charge in [-0.1, -0.05) is 13.8 Å². The molecule has 2 fully saturated rings. The lowest BCUT2D eigenvalue weighted by Gasteiger charge is -2.60. The van der Waals surface area contributed by atoms with Gasteiger partial charge in [0.15, 0.2) is 5.96 Å². The van der Waals surface area contributed by atoms with E-state index in [1.807, 2.05) is 7.05 Å². The van der Waals surface area contributed by atoms with Crippen molar-refractivity contribution in [3.8, 4) is 0 Å². The lowest BCUT2D eigenvalue weighted by Crippen LogP contribution is -2.71. The smallest absolute Gasteiger partial charge is 0.191 e. The molecule has 22 heavy (non-hydrogen) atoms. The van der Waals surface area contributed by atoms with Crippen molar-refractivity contribution in [2.24, 2.45) is 16.3 Å². The highest BCUT2D eigenvalue weighted by Gasteiger charge is 2.58. The summed E-state index contributed by atoms with van der Waals surface area (Å²) in [5.74, 6) is 1.45. The van der Waals surface area contributed by atoms with Crippen LogP contribution < -0.4 is 10.6 Å². The highest BCUT2D eigenvalue weighted by Crippen LogP contribution is 2.51. The van der Waals surface area contributed by atoms with E-state index in [4.69, 9.17) is 9.47 Å². The molecule has 0 aromatic carbocycles. The Balaban J connectivity index is 0.00000242. The van der Waals surface area contributed by atoms with Crippen LogP contribution in [0.15, 0.2) is 4.99 Å². The zero-order chi connectivity index (χ0) is 15.7. The predicted octanol–water partition coefficient (Wildman–Crippen LogP) is 2.40. The van der Waals surface area contributed by atoms with Crippen molar-refractivity contribution < 1.29 is 9.47 Å². The van der Waals surface area contributed by atoms with Crippen molar-refractivity contribution in [3.05, 3.63) is 0 Å². The molecule has 0 radical (unpaired) electrons. The maximum absolute atomic E-state index is 5.95. The predicted molar refractivity (Wildman–Crippen MR) is 101 cm³/mol. The van der Waals surface area contributed by atoms with Crippen LogP contribution in [0.4, 0.5) is 0 Å². The molecule has 130 valence electrons. The fourth-order valence-electron chi connectivity index (χ4n) is 3.53. The van der Waals surface area contributed by atoms with E-state index in [-0.39, 0.29) is 35.0 Å². The minimum Gasteiger partial charge on any atom is -0.377 e. The third-order valence-electron chi connectivity index (χ3n) is 5.08. The number of fused-ring (bicyclic) bond motifs is 1. The first-order chi connectivity index (χ1) is 9.81. The number of methoxy groups -OCH3 is 1. The molecule has 2 N–H and O–H groups in total. The zero-order valence-corrected chi connectivity index (χ0v) is 17.1. The van der Waals surface area contributed by atoms with E-state index in [1.165, 1.54) is 6.42 Å². The molecule has 1 aliphatic heterocycles. The van der Waals surface area contributed by atoms with Crippen LogP contribution in [-0.2, 0) is 9.47 Å². The average Bonchev–Trinajstić information content (AvgIpc) is 2.47. The summed E-state index contributed by atoms with van der Waals surface area (Å²) in [4.78, 5) is 4.35. The number of ether oxygens (including phenoxy) is 2. The van der Waals surface area contributed by atoms with E-state index < -0.39 is 0 Å². The summed E-state index contributed by atoms with van der Waals surface area (Å²) in [6.07, 6.45) is 2.79. The molecule has 0 amide bonds. The number of hydrogen-bond acceptors (Lipinski definition) is 3. The lowest BCUT2D eigenvalue weighted by molar-refractivity contribution is -0.188. The highest BCUT2D eigenvalue weighted by molar-refractivity contribution is 14.0. The van der Waals surface area contributed by atoms with Gasteiger partial charge in [0.2, 0.25) is 0 Å². The van der Waals surface area contributed by atoms with Gasteiger partial charge in [0.05, 0.1) is 11.7 Å². The number of nitrogens with zero attached hydrogens (tertiary/aromatic N) is 1. The Kier molecular flexibility index (Phi) is 6.95. The molecule has 0 spiro atoms. The summed E-state index contributed by atoms with van der Waals surface area (Å²) in [6, 6.07) is 0.416. The monoisotopic (exact) mass is 425 g/mol. The zero-order valence-electron chi connectivity index (χ0n) is 14.7. The quantitative estimate of drug-likeness (QED) is 0.413. The summed E-state index contributed by atoms with van der Waals surface area (Å²) < 4.78 is 11.4. The number of nitrogens with one attached hydrogen (secondary N) is 2. The first-order valence-electron chi connectivity index (χ1n) is 7.96. The van der Waals surface area contributed by atoms with E-state index in [1.54, 1.807) is 7.11 Å². The summed E-state index contributed by atoms with van der Waals surface area (Å²) in [5, 5.41) is 6.96. The Morgan fingerprint density at radius 1 is 1.41 bits per heavy atom. The second-order valence-corrected chi connectivity index (χ2v) is 7.43. The highest BCUT2D eigenvalue weighted by atomic mass is 127. The van der Waals surface area contributed by atoms with Crippen LogP contribution >= 0.6 is 24.0 Å². The van der Waals surface area contributed by atoms with Crippen molar-refractivity contribution in [2.75, 3.05) is 27.3 Å².